The van der Waals surface area contributed by atoms with Crippen LogP contribution < -0.4 is 5.32 Å². The number of rotatable bonds is 4. The topological polar surface area (TPSA) is 24.5 Å². The van der Waals surface area contributed by atoms with Crippen LogP contribution in [0.15, 0.2) is 18.2 Å². The van der Waals surface area contributed by atoms with Gasteiger partial charge in [-0.2, -0.15) is 0 Å². The summed E-state index contributed by atoms with van der Waals surface area (Å²) in [5.74, 6) is -0.143. The van der Waals surface area contributed by atoms with Crippen LogP contribution in [-0.2, 0) is 11.3 Å². The fourth-order valence-corrected chi connectivity index (χ4v) is 2.18. The predicted octanol–water partition coefficient (Wildman–Crippen LogP) is 1.55. The molecule has 1 aromatic carbocycles. The molecule has 1 heterocycles. The van der Waals surface area contributed by atoms with Crippen molar-refractivity contribution in [2.24, 2.45) is 0 Å². The monoisotopic (exact) mass is 252 g/mol. The zero-order chi connectivity index (χ0) is 13.0. The Bertz CT molecular complexity index is 397. The molecule has 0 saturated carbocycles. The smallest absolute Gasteiger partial charge is 0.126 e. The third-order valence-corrected chi connectivity index (χ3v) is 3.27. The second-order valence-electron chi connectivity index (χ2n) is 4.97. The van der Waals surface area contributed by atoms with Gasteiger partial charge in [0.25, 0.3) is 0 Å². The minimum Gasteiger partial charge on any atom is -0.374 e. The van der Waals surface area contributed by atoms with E-state index in [4.69, 9.17) is 4.74 Å². The van der Waals surface area contributed by atoms with E-state index in [1.807, 2.05) is 12.1 Å². The van der Waals surface area contributed by atoms with Gasteiger partial charge >= 0.3 is 0 Å². The molecule has 4 heteroatoms. The Morgan fingerprint density at radius 2 is 2.33 bits per heavy atom. The van der Waals surface area contributed by atoms with E-state index < -0.39 is 0 Å². The summed E-state index contributed by atoms with van der Waals surface area (Å²) in [6.07, 6.45) is 0.255. The maximum atomic E-state index is 13.1. The van der Waals surface area contributed by atoms with Crippen LogP contribution in [0.3, 0.4) is 0 Å². The number of nitrogens with zero attached hydrogens (tertiary/aromatic N) is 1. The first-order valence-electron chi connectivity index (χ1n) is 6.41. The maximum absolute atomic E-state index is 13.1. The highest BCUT2D eigenvalue weighted by atomic mass is 19.1. The molecule has 0 bridgehead atoms. The minimum atomic E-state index is -0.143. The van der Waals surface area contributed by atoms with Gasteiger partial charge < -0.3 is 15.0 Å². The lowest BCUT2D eigenvalue weighted by molar-refractivity contribution is -0.0182. The van der Waals surface area contributed by atoms with Crippen LogP contribution in [0.1, 0.15) is 11.1 Å². The standard InChI is InChI=1S/C14H21FN2O/c1-11-7-12(3-4-14(11)15)8-16-9-13-10-17(2)5-6-18-13/h3-4,7,13,16H,5-6,8-10H2,1-2H3/t13-/m0/s1. The van der Waals surface area contributed by atoms with Gasteiger partial charge in [0.2, 0.25) is 0 Å². The third kappa shape index (κ3) is 3.77. The Morgan fingerprint density at radius 3 is 3.06 bits per heavy atom. The van der Waals surface area contributed by atoms with E-state index in [9.17, 15) is 4.39 Å². The molecule has 1 N–H and O–H groups in total. The Kier molecular flexibility index (Phi) is 4.69. The summed E-state index contributed by atoms with van der Waals surface area (Å²) in [5.41, 5.74) is 1.81. The van der Waals surface area contributed by atoms with Gasteiger partial charge in [0.1, 0.15) is 5.82 Å². The summed E-state index contributed by atoms with van der Waals surface area (Å²) < 4.78 is 18.8. The molecule has 0 aliphatic carbocycles. The second-order valence-corrected chi connectivity index (χ2v) is 4.97. The lowest BCUT2D eigenvalue weighted by Crippen LogP contribution is -2.44. The van der Waals surface area contributed by atoms with Crippen molar-refractivity contribution < 1.29 is 9.13 Å². The average Bonchev–Trinajstić information content (AvgIpc) is 2.34. The maximum Gasteiger partial charge on any atom is 0.126 e. The van der Waals surface area contributed by atoms with Crippen molar-refractivity contribution in [3.05, 3.63) is 35.1 Å². The minimum absolute atomic E-state index is 0.143. The van der Waals surface area contributed by atoms with Gasteiger partial charge in [-0.05, 0) is 31.2 Å². The number of hydrogen-bond acceptors (Lipinski definition) is 3. The molecule has 0 aromatic heterocycles. The van der Waals surface area contributed by atoms with E-state index in [0.717, 1.165) is 38.3 Å². The number of halogens is 1. The van der Waals surface area contributed by atoms with Crippen LogP contribution in [0.5, 0.6) is 0 Å². The molecule has 1 aromatic rings. The summed E-state index contributed by atoms with van der Waals surface area (Å²) >= 11 is 0. The third-order valence-electron chi connectivity index (χ3n) is 3.27. The van der Waals surface area contributed by atoms with E-state index in [2.05, 4.69) is 17.3 Å². The molecule has 1 atom stereocenters. The van der Waals surface area contributed by atoms with E-state index >= 15 is 0 Å². The molecule has 1 saturated heterocycles. The van der Waals surface area contributed by atoms with Gasteiger partial charge in [0.05, 0.1) is 12.7 Å². The summed E-state index contributed by atoms with van der Waals surface area (Å²) in [4.78, 5) is 2.28. The molecule has 0 spiro atoms. The normalized spacial score (nSPS) is 21.2. The van der Waals surface area contributed by atoms with E-state index in [-0.39, 0.29) is 11.9 Å². The summed E-state index contributed by atoms with van der Waals surface area (Å²) in [6, 6.07) is 5.23. The highest BCUT2D eigenvalue weighted by molar-refractivity contribution is 5.23. The lowest BCUT2D eigenvalue weighted by atomic mass is 10.1. The fourth-order valence-electron chi connectivity index (χ4n) is 2.18. The first kappa shape index (κ1) is 13.5. The van der Waals surface area contributed by atoms with Gasteiger partial charge in [-0.25, -0.2) is 4.39 Å². The van der Waals surface area contributed by atoms with Crippen molar-refractivity contribution in [2.75, 3.05) is 33.3 Å². The molecule has 0 radical (unpaired) electrons. The summed E-state index contributed by atoms with van der Waals surface area (Å²) in [7, 11) is 2.11. The van der Waals surface area contributed by atoms with Crippen molar-refractivity contribution in [1.29, 1.82) is 0 Å². The molecule has 1 aliphatic heterocycles. The number of ether oxygens (including phenoxy) is 1. The zero-order valence-electron chi connectivity index (χ0n) is 11.1. The van der Waals surface area contributed by atoms with Crippen LogP contribution in [-0.4, -0.2) is 44.3 Å². The second kappa shape index (κ2) is 6.27. The van der Waals surface area contributed by atoms with Gasteiger partial charge in [-0.15, -0.1) is 0 Å². The van der Waals surface area contributed by atoms with E-state index in [1.54, 1.807) is 6.92 Å². The van der Waals surface area contributed by atoms with Crippen LogP contribution in [0.2, 0.25) is 0 Å². The molecule has 1 aliphatic rings. The van der Waals surface area contributed by atoms with Crippen molar-refractivity contribution in [1.82, 2.24) is 10.2 Å². The number of likely N-dealkylation sites (N-methyl/N-ethyl adjacent to an activating group) is 1. The van der Waals surface area contributed by atoms with Crippen LogP contribution in [0, 0.1) is 12.7 Å². The first-order valence-corrected chi connectivity index (χ1v) is 6.41. The quantitative estimate of drug-likeness (QED) is 0.880. The van der Waals surface area contributed by atoms with E-state index in [0.29, 0.717) is 5.56 Å². The Balaban J connectivity index is 1.76. The number of nitrogens with one attached hydrogen (secondary N) is 1. The van der Waals surface area contributed by atoms with Gasteiger partial charge in [-0.1, -0.05) is 12.1 Å². The number of benzene rings is 1. The average molecular weight is 252 g/mol. The molecule has 0 amide bonds. The zero-order valence-corrected chi connectivity index (χ0v) is 11.1. The Hall–Kier alpha value is -0.970. The summed E-state index contributed by atoms with van der Waals surface area (Å²) in [5, 5.41) is 3.36. The number of morpholine rings is 1. The van der Waals surface area contributed by atoms with Gasteiger partial charge in [-0.3, -0.25) is 0 Å². The van der Waals surface area contributed by atoms with Gasteiger partial charge in [0.15, 0.2) is 0 Å². The Morgan fingerprint density at radius 1 is 1.50 bits per heavy atom. The fraction of sp³-hybridized carbons (Fsp3) is 0.571. The highest BCUT2D eigenvalue weighted by Crippen LogP contribution is 2.09. The van der Waals surface area contributed by atoms with Crippen molar-refractivity contribution in [2.45, 2.75) is 19.6 Å². The predicted molar refractivity (Wildman–Crippen MR) is 70.1 cm³/mol. The van der Waals surface area contributed by atoms with Crippen molar-refractivity contribution >= 4 is 0 Å². The number of hydrogen-bond donors (Lipinski definition) is 1. The largest absolute Gasteiger partial charge is 0.374 e. The van der Waals surface area contributed by atoms with Crippen LogP contribution in [0.4, 0.5) is 4.39 Å². The number of aryl methyl sites for hydroxylation is 1. The molecule has 3 nitrogen and oxygen atoms in total. The molecule has 0 unspecified atom stereocenters. The molecular weight excluding hydrogens is 231 g/mol. The first-order chi connectivity index (χ1) is 8.65. The molecule has 1 fully saturated rings. The van der Waals surface area contributed by atoms with Crippen LogP contribution in [0.25, 0.3) is 0 Å². The molecular formula is C14H21FN2O. The van der Waals surface area contributed by atoms with Crippen molar-refractivity contribution in [3.8, 4) is 0 Å². The Labute approximate surface area is 108 Å². The SMILES string of the molecule is Cc1cc(CNC[C@H]2CN(C)CCO2)ccc1F. The molecule has 18 heavy (non-hydrogen) atoms. The molecule has 100 valence electrons. The molecule has 2 rings (SSSR count). The highest BCUT2D eigenvalue weighted by Gasteiger charge is 2.16. The van der Waals surface area contributed by atoms with E-state index in [1.165, 1.54) is 6.07 Å². The van der Waals surface area contributed by atoms with Crippen LogP contribution >= 0.6 is 0 Å². The lowest BCUT2D eigenvalue weighted by Gasteiger charge is -2.30. The van der Waals surface area contributed by atoms with Crippen molar-refractivity contribution in [3.63, 3.8) is 0 Å². The summed E-state index contributed by atoms with van der Waals surface area (Å²) in [6.45, 7) is 6.16. The van der Waals surface area contributed by atoms with Gasteiger partial charge in [0, 0.05) is 26.2 Å².